The van der Waals surface area contributed by atoms with Crippen molar-refractivity contribution < 1.29 is 0 Å². The Hall–Kier alpha value is -1.88. The molecule has 1 N–H and O–H groups in total. The molecule has 0 radical (unpaired) electrons. The number of imidazole rings is 1. The standard InChI is InChI=1S/C12H12N4S/c1-3-14-12(10-2-8-17-11(1)10)15-5-7-16-6-4-13-9-16/h1-4,6,8-9H,5,7H2,(H,14,15). The smallest absolute Gasteiger partial charge is 0.134 e. The zero-order valence-electron chi connectivity index (χ0n) is 9.21. The van der Waals surface area contributed by atoms with E-state index >= 15 is 0 Å². The summed E-state index contributed by atoms with van der Waals surface area (Å²) in [5.74, 6) is 0.962. The second-order valence-electron chi connectivity index (χ2n) is 3.72. The first kappa shape index (κ1) is 10.3. The number of nitrogens with one attached hydrogen (secondary N) is 1. The zero-order valence-corrected chi connectivity index (χ0v) is 10.0. The van der Waals surface area contributed by atoms with Crippen molar-refractivity contribution in [2.45, 2.75) is 6.54 Å². The first-order valence-corrected chi connectivity index (χ1v) is 6.33. The Balaban J connectivity index is 1.70. The monoisotopic (exact) mass is 244 g/mol. The molecule has 17 heavy (non-hydrogen) atoms. The third-order valence-electron chi connectivity index (χ3n) is 2.60. The lowest BCUT2D eigenvalue weighted by Gasteiger charge is -2.06. The van der Waals surface area contributed by atoms with E-state index < -0.39 is 0 Å². The molecule has 3 rings (SSSR count). The molecule has 3 aromatic rings. The second-order valence-corrected chi connectivity index (χ2v) is 4.67. The largest absolute Gasteiger partial charge is 0.368 e. The predicted octanol–water partition coefficient (Wildman–Crippen LogP) is 2.60. The van der Waals surface area contributed by atoms with Crippen molar-refractivity contribution in [3.63, 3.8) is 0 Å². The van der Waals surface area contributed by atoms with Crippen molar-refractivity contribution in [1.29, 1.82) is 0 Å². The number of anilines is 1. The van der Waals surface area contributed by atoms with Crippen LogP contribution in [0, 0.1) is 0 Å². The third-order valence-corrected chi connectivity index (χ3v) is 3.48. The van der Waals surface area contributed by atoms with Crippen molar-refractivity contribution in [2.75, 3.05) is 11.9 Å². The summed E-state index contributed by atoms with van der Waals surface area (Å²) in [6.45, 7) is 1.74. The van der Waals surface area contributed by atoms with Crippen molar-refractivity contribution in [3.05, 3.63) is 42.4 Å². The highest BCUT2D eigenvalue weighted by molar-refractivity contribution is 7.17. The van der Waals surface area contributed by atoms with Crippen LogP contribution in [-0.4, -0.2) is 21.1 Å². The molecule has 3 heterocycles. The summed E-state index contributed by atoms with van der Waals surface area (Å²) in [5.41, 5.74) is 0. The van der Waals surface area contributed by atoms with Crippen LogP contribution in [0.2, 0.25) is 0 Å². The van der Waals surface area contributed by atoms with E-state index in [0.717, 1.165) is 18.9 Å². The Labute approximate surface area is 103 Å². The van der Waals surface area contributed by atoms with Gasteiger partial charge in [-0.1, -0.05) is 0 Å². The molecule has 0 spiro atoms. The van der Waals surface area contributed by atoms with Crippen LogP contribution >= 0.6 is 11.3 Å². The number of fused-ring (bicyclic) bond motifs is 1. The molecule has 3 aromatic heterocycles. The van der Waals surface area contributed by atoms with E-state index in [2.05, 4.69) is 26.7 Å². The van der Waals surface area contributed by atoms with Gasteiger partial charge in [-0.05, 0) is 17.5 Å². The van der Waals surface area contributed by atoms with E-state index in [1.54, 1.807) is 17.5 Å². The minimum Gasteiger partial charge on any atom is -0.368 e. The van der Waals surface area contributed by atoms with E-state index in [1.165, 1.54) is 10.1 Å². The van der Waals surface area contributed by atoms with Crippen molar-refractivity contribution in [3.8, 4) is 0 Å². The van der Waals surface area contributed by atoms with Crippen LogP contribution < -0.4 is 5.32 Å². The lowest BCUT2D eigenvalue weighted by atomic mass is 10.3. The van der Waals surface area contributed by atoms with Crippen LogP contribution in [0.3, 0.4) is 0 Å². The molecule has 0 aliphatic heterocycles. The SMILES string of the molecule is c1cn(CCNc2nccc3sccc23)cn1. The predicted molar refractivity (Wildman–Crippen MR) is 70.3 cm³/mol. The van der Waals surface area contributed by atoms with Crippen molar-refractivity contribution in [2.24, 2.45) is 0 Å². The highest BCUT2D eigenvalue weighted by atomic mass is 32.1. The number of aromatic nitrogens is 3. The van der Waals surface area contributed by atoms with Gasteiger partial charge in [-0.3, -0.25) is 0 Å². The Morgan fingerprint density at radius 3 is 3.18 bits per heavy atom. The molecule has 0 fully saturated rings. The van der Waals surface area contributed by atoms with Gasteiger partial charge in [-0.25, -0.2) is 9.97 Å². The van der Waals surface area contributed by atoms with Gasteiger partial charge in [0, 0.05) is 41.8 Å². The highest BCUT2D eigenvalue weighted by Gasteiger charge is 2.02. The summed E-state index contributed by atoms with van der Waals surface area (Å²) in [6.07, 6.45) is 7.41. The lowest BCUT2D eigenvalue weighted by Crippen LogP contribution is -2.10. The molecule has 4 nitrogen and oxygen atoms in total. The average Bonchev–Trinajstić information content (AvgIpc) is 2.99. The molecule has 0 saturated heterocycles. The first-order valence-electron chi connectivity index (χ1n) is 5.45. The molecule has 86 valence electrons. The molecule has 5 heteroatoms. The van der Waals surface area contributed by atoms with Gasteiger partial charge in [-0.2, -0.15) is 0 Å². The maximum absolute atomic E-state index is 4.37. The Bertz CT molecular complexity index is 600. The fourth-order valence-corrected chi connectivity index (χ4v) is 2.54. The van der Waals surface area contributed by atoms with E-state index in [4.69, 9.17) is 0 Å². The normalized spacial score (nSPS) is 10.8. The van der Waals surface area contributed by atoms with E-state index in [9.17, 15) is 0 Å². The fraction of sp³-hybridized carbons (Fsp3) is 0.167. The topological polar surface area (TPSA) is 42.7 Å². The maximum atomic E-state index is 4.37. The molecular weight excluding hydrogens is 232 g/mol. The number of hydrogen-bond donors (Lipinski definition) is 1. The number of hydrogen-bond acceptors (Lipinski definition) is 4. The number of nitrogens with zero attached hydrogens (tertiary/aromatic N) is 3. The third kappa shape index (κ3) is 2.14. The van der Waals surface area contributed by atoms with Crippen LogP contribution in [0.1, 0.15) is 0 Å². The first-order chi connectivity index (χ1) is 8.43. The summed E-state index contributed by atoms with van der Waals surface area (Å²) in [5, 5.41) is 6.65. The van der Waals surface area contributed by atoms with Crippen LogP contribution in [-0.2, 0) is 6.54 Å². The van der Waals surface area contributed by atoms with Gasteiger partial charge >= 0.3 is 0 Å². The van der Waals surface area contributed by atoms with Gasteiger partial charge in [-0.15, -0.1) is 11.3 Å². The highest BCUT2D eigenvalue weighted by Crippen LogP contribution is 2.25. The van der Waals surface area contributed by atoms with E-state index in [0.29, 0.717) is 0 Å². The molecule has 0 aromatic carbocycles. The summed E-state index contributed by atoms with van der Waals surface area (Å²) in [6, 6.07) is 4.15. The van der Waals surface area contributed by atoms with Crippen molar-refractivity contribution >= 4 is 27.2 Å². The van der Waals surface area contributed by atoms with E-state index in [1.807, 2.05) is 29.4 Å². The maximum Gasteiger partial charge on any atom is 0.134 e. The molecule has 0 amide bonds. The van der Waals surface area contributed by atoms with Crippen LogP contribution in [0.25, 0.3) is 10.1 Å². The lowest BCUT2D eigenvalue weighted by molar-refractivity contribution is 0.726. The Morgan fingerprint density at radius 1 is 1.29 bits per heavy atom. The van der Waals surface area contributed by atoms with Crippen LogP contribution in [0.4, 0.5) is 5.82 Å². The quantitative estimate of drug-likeness (QED) is 0.767. The average molecular weight is 244 g/mol. The van der Waals surface area contributed by atoms with Crippen molar-refractivity contribution in [1.82, 2.24) is 14.5 Å². The summed E-state index contributed by atoms with van der Waals surface area (Å²) >= 11 is 1.74. The molecule has 0 saturated carbocycles. The van der Waals surface area contributed by atoms with E-state index in [-0.39, 0.29) is 0 Å². The van der Waals surface area contributed by atoms with Crippen LogP contribution in [0.15, 0.2) is 42.4 Å². The Kier molecular flexibility index (Phi) is 2.75. The Morgan fingerprint density at radius 2 is 2.29 bits per heavy atom. The molecule has 0 aliphatic rings. The summed E-state index contributed by atoms with van der Waals surface area (Å²) < 4.78 is 3.31. The second kappa shape index (κ2) is 4.55. The number of thiophene rings is 1. The number of rotatable bonds is 4. The van der Waals surface area contributed by atoms with Gasteiger partial charge in [0.1, 0.15) is 5.82 Å². The minimum atomic E-state index is 0.846. The molecule has 0 bridgehead atoms. The van der Waals surface area contributed by atoms with Gasteiger partial charge in [0.2, 0.25) is 0 Å². The summed E-state index contributed by atoms with van der Waals surface area (Å²) in [4.78, 5) is 8.38. The van der Waals surface area contributed by atoms with Gasteiger partial charge in [0.15, 0.2) is 0 Å². The summed E-state index contributed by atoms with van der Waals surface area (Å²) in [7, 11) is 0. The van der Waals surface area contributed by atoms with Gasteiger partial charge in [0.05, 0.1) is 6.33 Å². The minimum absolute atomic E-state index is 0.846. The molecule has 0 aliphatic carbocycles. The van der Waals surface area contributed by atoms with Gasteiger partial charge < -0.3 is 9.88 Å². The molecule has 0 unspecified atom stereocenters. The molecular formula is C12H12N4S. The van der Waals surface area contributed by atoms with Gasteiger partial charge in [0.25, 0.3) is 0 Å². The molecule has 0 atom stereocenters. The number of pyridine rings is 1. The zero-order chi connectivity index (χ0) is 11.5. The fourth-order valence-electron chi connectivity index (χ4n) is 1.76. The van der Waals surface area contributed by atoms with Crippen LogP contribution in [0.5, 0.6) is 0 Å².